The van der Waals surface area contributed by atoms with Gasteiger partial charge in [-0.2, -0.15) is 5.10 Å². The Labute approximate surface area is 130 Å². The second kappa shape index (κ2) is 6.64. The Morgan fingerprint density at radius 1 is 1.18 bits per heavy atom. The maximum atomic E-state index is 5.52. The highest BCUT2D eigenvalue weighted by molar-refractivity contribution is 7.14. The van der Waals surface area contributed by atoms with Crippen LogP contribution in [0.5, 0.6) is 11.8 Å². The van der Waals surface area contributed by atoms with E-state index in [1.165, 1.54) is 11.3 Å². The van der Waals surface area contributed by atoms with Crippen molar-refractivity contribution >= 4 is 28.5 Å². The van der Waals surface area contributed by atoms with Crippen molar-refractivity contribution in [2.24, 2.45) is 5.10 Å². The molecule has 22 heavy (non-hydrogen) atoms. The molecule has 0 aliphatic rings. The van der Waals surface area contributed by atoms with Crippen LogP contribution >= 0.6 is 11.3 Å². The molecule has 8 heteroatoms. The van der Waals surface area contributed by atoms with Gasteiger partial charge in [-0.25, -0.2) is 15.0 Å². The van der Waals surface area contributed by atoms with E-state index in [2.05, 4.69) is 25.5 Å². The van der Waals surface area contributed by atoms with Crippen LogP contribution in [-0.4, -0.2) is 21.2 Å². The average Bonchev–Trinajstić information content (AvgIpc) is 2.96. The van der Waals surface area contributed by atoms with Gasteiger partial charge in [0, 0.05) is 17.8 Å². The molecule has 0 unspecified atom stereocenters. The molecule has 110 valence electrons. The molecule has 0 spiro atoms. The Balaban J connectivity index is 1.59. The van der Waals surface area contributed by atoms with Crippen LogP contribution in [0.25, 0.3) is 0 Å². The number of nitrogen functional groups attached to an aromatic ring is 1. The van der Waals surface area contributed by atoms with Gasteiger partial charge in [-0.15, -0.1) is 11.3 Å². The van der Waals surface area contributed by atoms with E-state index in [-0.39, 0.29) is 0 Å². The smallest absolute Gasteiger partial charge is 0.321 e. The van der Waals surface area contributed by atoms with Gasteiger partial charge in [-0.05, 0) is 35.9 Å². The number of thiazole rings is 1. The van der Waals surface area contributed by atoms with Crippen LogP contribution < -0.4 is 15.9 Å². The molecule has 0 atom stereocenters. The minimum atomic E-state index is 0.312. The van der Waals surface area contributed by atoms with Crippen molar-refractivity contribution in [3.05, 3.63) is 53.7 Å². The van der Waals surface area contributed by atoms with Gasteiger partial charge in [0.05, 0.1) is 6.21 Å². The second-order valence-electron chi connectivity index (χ2n) is 4.15. The summed E-state index contributed by atoms with van der Waals surface area (Å²) in [5, 5.41) is 6.48. The Morgan fingerprint density at radius 2 is 1.95 bits per heavy atom. The number of benzene rings is 1. The Morgan fingerprint density at radius 3 is 2.64 bits per heavy atom. The van der Waals surface area contributed by atoms with Crippen molar-refractivity contribution in [3.63, 3.8) is 0 Å². The van der Waals surface area contributed by atoms with Gasteiger partial charge >= 0.3 is 6.01 Å². The fourth-order valence-electron chi connectivity index (χ4n) is 1.56. The molecule has 0 amide bonds. The lowest BCUT2D eigenvalue weighted by Gasteiger charge is -2.02. The minimum absolute atomic E-state index is 0.312. The van der Waals surface area contributed by atoms with Gasteiger partial charge < -0.3 is 10.5 Å². The van der Waals surface area contributed by atoms with Crippen molar-refractivity contribution in [1.82, 2.24) is 15.0 Å². The normalized spacial score (nSPS) is 10.7. The van der Waals surface area contributed by atoms with E-state index >= 15 is 0 Å². The number of nitrogens with one attached hydrogen (secondary N) is 1. The van der Waals surface area contributed by atoms with Crippen molar-refractivity contribution < 1.29 is 4.74 Å². The summed E-state index contributed by atoms with van der Waals surface area (Å²) in [5.74, 6) is 1.14. The number of hydrazone groups is 1. The summed E-state index contributed by atoms with van der Waals surface area (Å²) >= 11 is 1.39. The summed E-state index contributed by atoms with van der Waals surface area (Å²) in [6.45, 7) is 0. The van der Waals surface area contributed by atoms with Crippen molar-refractivity contribution in [2.45, 2.75) is 0 Å². The molecular weight excluding hydrogens is 300 g/mol. The number of aromatic nitrogens is 3. The Kier molecular flexibility index (Phi) is 4.21. The first-order valence-electron chi connectivity index (χ1n) is 6.34. The molecule has 0 bridgehead atoms. The Hall–Kier alpha value is -3.00. The van der Waals surface area contributed by atoms with Crippen molar-refractivity contribution in [1.29, 1.82) is 0 Å². The van der Waals surface area contributed by atoms with Gasteiger partial charge in [-0.3, -0.25) is 5.43 Å². The van der Waals surface area contributed by atoms with E-state index < -0.39 is 0 Å². The maximum absolute atomic E-state index is 5.52. The number of hydrogen-bond donors (Lipinski definition) is 2. The molecule has 1 aromatic carbocycles. The molecule has 0 aliphatic heterocycles. The van der Waals surface area contributed by atoms with Gasteiger partial charge in [0.1, 0.15) is 11.6 Å². The summed E-state index contributed by atoms with van der Waals surface area (Å²) in [6.07, 6.45) is 4.93. The van der Waals surface area contributed by atoms with Gasteiger partial charge in [0.15, 0.2) is 0 Å². The molecule has 0 aliphatic carbocycles. The molecule has 7 nitrogen and oxygen atoms in total. The summed E-state index contributed by atoms with van der Waals surface area (Å²) in [5.41, 5.74) is 9.25. The first kappa shape index (κ1) is 14.0. The second-order valence-corrected chi connectivity index (χ2v) is 5.01. The third kappa shape index (κ3) is 3.76. The van der Waals surface area contributed by atoms with Gasteiger partial charge in [0.2, 0.25) is 5.13 Å². The third-order valence-electron chi connectivity index (χ3n) is 2.53. The quantitative estimate of drug-likeness (QED) is 0.555. The first-order valence-corrected chi connectivity index (χ1v) is 7.22. The molecule has 3 aromatic rings. The number of rotatable bonds is 5. The van der Waals surface area contributed by atoms with Crippen LogP contribution in [0.2, 0.25) is 0 Å². The molecule has 0 radical (unpaired) electrons. The summed E-state index contributed by atoms with van der Waals surface area (Å²) < 4.78 is 5.51. The molecule has 2 aromatic heterocycles. The van der Waals surface area contributed by atoms with E-state index in [1.54, 1.807) is 30.1 Å². The van der Waals surface area contributed by atoms with Crippen LogP contribution in [0.3, 0.4) is 0 Å². The first-order chi connectivity index (χ1) is 10.8. The topological polar surface area (TPSA) is 98.3 Å². The van der Waals surface area contributed by atoms with Gasteiger partial charge in [0.25, 0.3) is 0 Å². The molecular formula is C14H12N6OS. The summed E-state index contributed by atoms with van der Waals surface area (Å²) in [6, 6.07) is 9.43. The summed E-state index contributed by atoms with van der Waals surface area (Å²) in [7, 11) is 0. The highest BCUT2D eigenvalue weighted by Crippen LogP contribution is 2.18. The zero-order valence-electron chi connectivity index (χ0n) is 11.4. The van der Waals surface area contributed by atoms with E-state index in [4.69, 9.17) is 10.5 Å². The number of anilines is 2. The molecule has 2 heterocycles. The van der Waals surface area contributed by atoms with E-state index in [0.717, 1.165) is 5.56 Å². The number of nitrogens with two attached hydrogens (primary N) is 1. The zero-order valence-corrected chi connectivity index (χ0v) is 12.2. The van der Waals surface area contributed by atoms with Crippen molar-refractivity contribution in [2.75, 3.05) is 11.2 Å². The van der Waals surface area contributed by atoms with Crippen LogP contribution in [0.15, 0.2) is 53.2 Å². The predicted molar refractivity (Wildman–Crippen MR) is 86.3 cm³/mol. The number of ether oxygens (including phenoxy) is 1. The largest absolute Gasteiger partial charge is 0.424 e. The monoisotopic (exact) mass is 312 g/mol. The molecule has 0 saturated carbocycles. The fourth-order valence-corrected chi connectivity index (χ4v) is 2.11. The van der Waals surface area contributed by atoms with Crippen LogP contribution in [0.4, 0.5) is 10.9 Å². The predicted octanol–water partition coefficient (Wildman–Crippen LogP) is 2.75. The summed E-state index contributed by atoms with van der Waals surface area (Å²) in [4.78, 5) is 12.0. The highest BCUT2D eigenvalue weighted by atomic mass is 32.1. The van der Waals surface area contributed by atoms with Gasteiger partial charge in [-0.1, -0.05) is 0 Å². The van der Waals surface area contributed by atoms with E-state index in [0.29, 0.717) is 22.7 Å². The molecule has 3 rings (SSSR count). The SMILES string of the molecule is Nc1csc(NN=Cc2ccc(Oc3ncccn3)cc2)n1. The van der Waals surface area contributed by atoms with Crippen LogP contribution in [0.1, 0.15) is 5.56 Å². The third-order valence-corrected chi connectivity index (χ3v) is 3.29. The zero-order chi connectivity index (χ0) is 15.2. The molecule has 0 saturated heterocycles. The Bertz CT molecular complexity index is 757. The lowest BCUT2D eigenvalue weighted by molar-refractivity contribution is 0.442. The highest BCUT2D eigenvalue weighted by Gasteiger charge is 1.99. The maximum Gasteiger partial charge on any atom is 0.321 e. The number of nitrogens with zero attached hydrogens (tertiary/aromatic N) is 4. The lowest BCUT2D eigenvalue weighted by atomic mass is 10.2. The van der Waals surface area contributed by atoms with Crippen molar-refractivity contribution in [3.8, 4) is 11.8 Å². The standard InChI is InChI=1S/C14H12N6OS/c15-12-9-22-14(19-12)20-18-8-10-2-4-11(5-3-10)21-13-16-6-1-7-17-13/h1-9H,15H2,(H,19,20). The molecule has 0 fully saturated rings. The van der Waals surface area contributed by atoms with E-state index in [9.17, 15) is 0 Å². The van der Waals surface area contributed by atoms with Crippen LogP contribution in [-0.2, 0) is 0 Å². The average molecular weight is 312 g/mol. The molecule has 3 N–H and O–H groups in total. The number of hydrogen-bond acceptors (Lipinski definition) is 8. The fraction of sp³-hybridized carbons (Fsp3) is 0. The lowest BCUT2D eigenvalue weighted by Crippen LogP contribution is -1.92. The van der Waals surface area contributed by atoms with E-state index in [1.807, 2.05) is 24.3 Å². The van der Waals surface area contributed by atoms with Crippen LogP contribution in [0, 0.1) is 0 Å². The minimum Gasteiger partial charge on any atom is -0.424 e.